The molecule has 0 aromatic heterocycles. The molecule has 0 aliphatic heterocycles. The second kappa shape index (κ2) is 7.75. The molecule has 1 aliphatic carbocycles. The average molecular weight is 334 g/mol. The van der Waals surface area contributed by atoms with Crippen LogP contribution >= 0.6 is 0 Å². The second-order valence-electron chi connectivity index (χ2n) is 7.23. The molecular weight excluding hydrogens is 308 g/mol. The van der Waals surface area contributed by atoms with Crippen molar-refractivity contribution in [3.8, 4) is 0 Å². The van der Waals surface area contributed by atoms with Crippen molar-refractivity contribution in [2.24, 2.45) is 11.3 Å². The first kappa shape index (κ1) is 18.4. The minimum absolute atomic E-state index is 0.0401. The van der Waals surface area contributed by atoms with Crippen LogP contribution in [-0.2, 0) is 4.74 Å². The van der Waals surface area contributed by atoms with Crippen LogP contribution in [0.5, 0.6) is 0 Å². The predicted molar refractivity (Wildman–Crippen MR) is 92.0 cm³/mol. The van der Waals surface area contributed by atoms with E-state index in [2.05, 4.69) is 26.1 Å². The van der Waals surface area contributed by atoms with Crippen LogP contribution in [0.25, 0.3) is 0 Å². The zero-order valence-corrected chi connectivity index (χ0v) is 14.6. The standard InChI is InChI=1S/C18H26N2O4/c1-13-5-4-10-18(2,3)16(13)19-11-12-24-17(21)14-6-8-15(9-7-14)20(22)23/h6-9,13,16,19H,4-5,10-12H2,1-3H3/t13-,16+/m0/s1. The van der Waals surface area contributed by atoms with Gasteiger partial charge >= 0.3 is 5.97 Å². The summed E-state index contributed by atoms with van der Waals surface area (Å²) < 4.78 is 5.25. The Bertz CT molecular complexity index is 583. The van der Waals surface area contributed by atoms with Gasteiger partial charge in [-0.1, -0.05) is 27.2 Å². The highest BCUT2D eigenvalue weighted by Crippen LogP contribution is 2.38. The fourth-order valence-corrected chi connectivity index (χ4v) is 3.61. The van der Waals surface area contributed by atoms with Gasteiger partial charge in [0.05, 0.1) is 10.5 Å². The number of nitro benzene ring substituents is 1. The molecule has 0 amide bonds. The number of nitrogens with one attached hydrogen (secondary N) is 1. The van der Waals surface area contributed by atoms with E-state index in [1.165, 1.54) is 43.5 Å². The molecule has 1 aromatic carbocycles. The van der Waals surface area contributed by atoms with Crippen LogP contribution in [0.4, 0.5) is 5.69 Å². The molecule has 0 bridgehead atoms. The number of carbonyl (C=O) groups excluding carboxylic acids is 1. The van der Waals surface area contributed by atoms with Gasteiger partial charge in [0.25, 0.3) is 5.69 Å². The lowest BCUT2D eigenvalue weighted by atomic mass is 9.68. The Morgan fingerprint density at radius 2 is 2.04 bits per heavy atom. The number of nitro groups is 1. The molecule has 1 aliphatic rings. The predicted octanol–water partition coefficient (Wildman–Crippen LogP) is 3.56. The van der Waals surface area contributed by atoms with E-state index in [-0.39, 0.29) is 17.7 Å². The van der Waals surface area contributed by atoms with Gasteiger partial charge in [-0.25, -0.2) is 4.79 Å². The van der Waals surface area contributed by atoms with Crippen LogP contribution in [0.3, 0.4) is 0 Å². The molecule has 0 saturated heterocycles. The number of non-ortho nitro benzene ring substituents is 1. The van der Waals surface area contributed by atoms with Gasteiger partial charge in [0.15, 0.2) is 0 Å². The van der Waals surface area contributed by atoms with E-state index in [1.54, 1.807) is 0 Å². The minimum Gasteiger partial charge on any atom is -0.461 e. The summed E-state index contributed by atoms with van der Waals surface area (Å²) in [5.74, 6) is 0.154. The molecule has 1 fully saturated rings. The van der Waals surface area contributed by atoms with Crippen molar-refractivity contribution in [3.05, 3.63) is 39.9 Å². The Morgan fingerprint density at radius 3 is 2.62 bits per heavy atom. The number of carbonyl (C=O) groups is 1. The van der Waals surface area contributed by atoms with E-state index in [0.717, 1.165) is 0 Å². The molecule has 1 aromatic rings. The molecular formula is C18H26N2O4. The zero-order valence-electron chi connectivity index (χ0n) is 14.6. The van der Waals surface area contributed by atoms with Crippen molar-refractivity contribution in [3.63, 3.8) is 0 Å². The number of benzene rings is 1. The molecule has 2 rings (SSSR count). The van der Waals surface area contributed by atoms with Crippen LogP contribution in [0.15, 0.2) is 24.3 Å². The fourth-order valence-electron chi connectivity index (χ4n) is 3.61. The first-order valence-electron chi connectivity index (χ1n) is 8.46. The van der Waals surface area contributed by atoms with Crippen molar-refractivity contribution in [1.82, 2.24) is 5.32 Å². The summed E-state index contributed by atoms with van der Waals surface area (Å²) in [7, 11) is 0. The van der Waals surface area contributed by atoms with E-state index >= 15 is 0 Å². The molecule has 132 valence electrons. The second-order valence-corrected chi connectivity index (χ2v) is 7.23. The summed E-state index contributed by atoms with van der Waals surface area (Å²) in [6.45, 7) is 7.72. The van der Waals surface area contributed by atoms with E-state index in [4.69, 9.17) is 4.74 Å². The highest BCUT2D eigenvalue weighted by Gasteiger charge is 2.36. The van der Waals surface area contributed by atoms with E-state index in [0.29, 0.717) is 24.1 Å². The minimum atomic E-state index is -0.494. The van der Waals surface area contributed by atoms with Crippen LogP contribution < -0.4 is 5.32 Å². The third-order valence-electron chi connectivity index (χ3n) is 4.90. The van der Waals surface area contributed by atoms with Crippen molar-refractivity contribution in [2.45, 2.75) is 46.1 Å². The normalized spacial score (nSPS) is 22.8. The number of ether oxygens (including phenoxy) is 1. The monoisotopic (exact) mass is 334 g/mol. The summed E-state index contributed by atoms with van der Waals surface area (Å²) in [6, 6.07) is 5.87. The molecule has 0 radical (unpaired) electrons. The van der Waals surface area contributed by atoms with Crippen molar-refractivity contribution < 1.29 is 14.5 Å². The maximum absolute atomic E-state index is 11.9. The lowest BCUT2D eigenvalue weighted by Gasteiger charge is -2.43. The first-order chi connectivity index (χ1) is 11.3. The maximum Gasteiger partial charge on any atom is 0.338 e. The Morgan fingerprint density at radius 1 is 1.38 bits per heavy atom. The van der Waals surface area contributed by atoms with E-state index in [1.807, 2.05) is 0 Å². The van der Waals surface area contributed by atoms with Crippen molar-refractivity contribution in [2.75, 3.05) is 13.2 Å². The van der Waals surface area contributed by atoms with Crippen LogP contribution in [0.2, 0.25) is 0 Å². The van der Waals surface area contributed by atoms with Gasteiger partial charge in [-0.3, -0.25) is 10.1 Å². The van der Waals surface area contributed by atoms with E-state index < -0.39 is 10.9 Å². The smallest absolute Gasteiger partial charge is 0.338 e. The lowest BCUT2D eigenvalue weighted by Crippen LogP contribution is -2.49. The zero-order chi connectivity index (χ0) is 17.7. The van der Waals surface area contributed by atoms with Gasteiger partial charge < -0.3 is 10.1 Å². The third kappa shape index (κ3) is 4.54. The molecule has 1 saturated carbocycles. The van der Waals surface area contributed by atoms with Crippen LogP contribution in [-0.4, -0.2) is 30.1 Å². The van der Waals surface area contributed by atoms with Gasteiger partial charge in [-0.2, -0.15) is 0 Å². The summed E-state index contributed by atoms with van der Waals surface area (Å²) in [5.41, 5.74) is 0.536. The topological polar surface area (TPSA) is 81.5 Å². The van der Waals surface area contributed by atoms with Gasteiger partial charge in [-0.15, -0.1) is 0 Å². The summed E-state index contributed by atoms with van der Waals surface area (Å²) in [5, 5.41) is 14.1. The van der Waals surface area contributed by atoms with Gasteiger partial charge in [0.1, 0.15) is 6.61 Å². The fraction of sp³-hybridized carbons (Fsp3) is 0.611. The number of rotatable bonds is 6. The number of nitrogens with zero attached hydrogens (tertiary/aromatic N) is 1. The number of hydrogen-bond acceptors (Lipinski definition) is 5. The van der Waals surface area contributed by atoms with Crippen LogP contribution in [0, 0.1) is 21.4 Å². The van der Waals surface area contributed by atoms with Crippen LogP contribution in [0.1, 0.15) is 50.4 Å². The highest BCUT2D eigenvalue weighted by atomic mass is 16.6. The average Bonchev–Trinajstić information content (AvgIpc) is 2.53. The van der Waals surface area contributed by atoms with Crippen molar-refractivity contribution in [1.29, 1.82) is 0 Å². The molecule has 24 heavy (non-hydrogen) atoms. The van der Waals surface area contributed by atoms with Crippen molar-refractivity contribution >= 4 is 11.7 Å². The molecule has 0 spiro atoms. The van der Waals surface area contributed by atoms with Gasteiger partial charge in [-0.05, 0) is 36.3 Å². The Hall–Kier alpha value is -1.95. The molecule has 6 nitrogen and oxygen atoms in total. The lowest BCUT2D eigenvalue weighted by molar-refractivity contribution is -0.384. The maximum atomic E-state index is 11.9. The first-order valence-corrected chi connectivity index (χ1v) is 8.46. The van der Waals surface area contributed by atoms with E-state index in [9.17, 15) is 14.9 Å². The summed E-state index contributed by atoms with van der Waals surface area (Å²) in [6.07, 6.45) is 3.70. The Balaban J connectivity index is 1.79. The number of esters is 1. The quantitative estimate of drug-likeness (QED) is 0.372. The summed E-state index contributed by atoms with van der Waals surface area (Å²) >= 11 is 0. The summed E-state index contributed by atoms with van der Waals surface area (Å²) in [4.78, 5) is 22.1. The largest absolute Gasteiger partial charge is 0.461 e. The number of hydrogen-bond donors (Lipinski definition) is 1. The SMILES string of the molecule is C[C@H]1CCCC(C)(C)[C@@H]1NCCOC(=O)c1ccc([N+](=O)[O-])cc1. The molecule has 6 heteroatoms. The molecule has 0 heterocycles. The Labute approximate surface area is 142 Å². The highest BCUT2D eigenvalue weighted by molar-refractivity contribution is 5.89. The Kier molecular flexibility index (Phi) is 5.94. The van der Waals surface area contributed by atoms with Gasteiger partial charge in [0, 0.05) is 24.7 Å². The molecule has 1 N–H and O–H groups in total. The molecule has 2 atom stereocenters. The third-order valence-corrected chi connectivity index (χ3v) is 4.90. The molecule has 0 unspecified atom stereocenters. The van der Waals surface area contributed by atoms with Gasteiger partial charge in [0.2, 0.25) is 0 Å².